The molecule has 0 aliphatic carbocycles. The molecule has 0 fully saturated rings. The molecule has 0 radical (unpaired) electrons. The minimum Gasteiger partial charge on any atom is -0.478 e. The van der Waals surface area contributed by atoms with E-state index >= 15 is 0 Å². The summed E-state index contributed by atoms with van der Waals surface area (Å²) in [5, 5.41) is 11.4. The van der Waals surface area contributed by atoms with Gasteiger partial charge >= 0.3 is 11.9 Å². The van der Waals surface area contributed by atoms with E-state index in [9.17, 15) is 14.4 Å². The van der Waals surface area contributed by atoms with Gasteiger partial charge in [-0.05, 0) is 24.3 Å². The highest BCUT2D eigenvalue weighted by Crippen LogP contribution is 2.29. The molecule has 0 heterocycles. The molecule has 1 amide bonds. The smallest absolute Gasteiger partial charge is 0.343 e. The first-order valence-corrected chi connectivity index (χ1v) is 5.97. The van der Waals surface area contributed by atoms with Gasteiger partial charge in [-0.1, -0.05) is 24.3 Å². The molecular weight excluding hydrogens is 274 g/mol. The van der Waals surface area contributed by atoms with Crippen LogP contribution < -0.4 is 10.1 Å². The van der Waals surface area contributed by atoms with Crippen LogP contribution in [0.15, 0.2) is 48.5 Å². The van der Waals surface area contributed by atoms with Crippen molar-refractivity contribution >= 4 is 24.0 Å². The molecule has 21 heavy (non-hydrogen) atoms. The lowest BCUT2D eigenvalue weighted by Crippen LogP contribution is -2.13. The molecule has 106 valence electrons. The lowest BCUT2D eigenvalue weighted by atomic mass is 10.1. The predicted octanol–water partition coefficient (Wildman–Crippen LogP) is 2.17. The summed E-state index contributed by atoms with van der Waals surface area (Å²) in [4.78, 5) is 33.8. The van der Waals surface area contributed by atoms with Gasteiger partial charge < -0.3 is 15.2 Å². The van der Waals surface area contributed by atoms with Gasteiger partial charge in [-0.2, -0.15) is 0 Å². The third kappa shape index (κ3) is 3.24. The first kappa shape index (κ1) is 14.3. The van der Waals surface area contributed by atoms with Crippen molar-refractivity contribution in [3.63, 3.8) is 0 Å². The molecule has 0 atom stereocenters. The summed E-state index contributed by atoms with van der Waals surface area (Å²) < 4.78 is 5.14. The highest BCUT2D eigenvalue weighted by Gasteiger charge is 2.19. The Kier molecular flexibility index (Phi) is 4.30. The molecule has 2 aromatic rings. The van der Waals surface area contributed by atoms with Gasteiger partial charge in [0.2, 0.25) is 6.41 Å². The zero-order valence-corrected chi connectivity index (χ0v) is 10.8. The molecule has 6 nitrogen and oxygen atoms in total. The Morgan fingerprint density at radius 3 is 2.38 bits per heavy atom. The van der Waals surface area contributed by atoms with E-state index in [0.717, 1.165) is 0 Å². The quantitative estimate of drug-likeness (QED) is 0.499. The van der Waals surface area contributed by atoms with Gasteiger partial charge in [-0.15, -0.1) is 0 Å². The van der Waals surface area contributed by atoms with Gasteiger partial charge in [0.05, 0.1) is 11.3 Å². The maximum absolute atomic E-state index is 12.0. The molecule has 0 bridgehead atoms. The summed E-state index contributed by atoms with van der Waals surface area (Å²) in [6.07, 6.45) is 0.376. The number of carbonyl (C=O) groups excluding carboxylic acids is 2. The van der Waals surface area contributed by atoms with Crippen molar-refractivity contribution in [2.75, 3.05) is 5.32 Å². The first-order valence-electron chi connectivity index (χ1n) is 5.97. The molecule has 0 aromatic heterocycles. The summed E-state index contributed by atoms with van der Waals surface area (Å²) in [5.74, 6) is -2.18. The zero-order chi connectivity index (χ0) is 15.2. The van der Waals surface area contributed by atoms with Gasteiger partial charge in [0.15, 0.2) is 5.75 Å². The number of amides is 1. The van der Waals surface area contributed by atoms with E-state index in [2.05, 4.69) is 5.32 Å². The second-order valence-corrected chi connectivity index (χ2v) is 4.01. The Morgan fingerprint density at radius 2 is 1.76 bits per heavy atom. The van der Waals surface area contributed by atoms with Gasteiger partial charge in [0.25, 0.3) is 0 Å². The van der Waals surface area contributed by atoms with Gasteiger partial charge in [-0.3, -0.25) is 4.79 Å². The van der Waals surface area contributed by atoms with Crippen LogP contribution in [0.3, 0.4) is 0 Å². The number of carbonyl (C=O) groups is 3. The predicted molar refractivity (Wildman–Crippen MR) is 74.5 cm³/mol. The molecule has 2 rings (SSSR count). The largest absolute Gasteiger partial charge is 0.478 e. The maximum atomic E-state index is 12.0. The van der Waals surface area contributed by atoms with Crippen molar-refractivity contribution < 1.29 is 24.2 Å². The van der Waals surface area contributed by atoms with Crippen molar-refractivity contribution in [1.82, 2.24) is 0 Å². The maximum Gasteiger partial charge on any atom is 0.343 e. The van der Waals surface area contributed by atoms with Crippen LogP contribution in [0.1, 0.15) is 20.7 Å². The number of hydrogen-bond donors (Lipinski definition) is 2. The summed E-state index contributed by atoms with van der Waals surface area (Å²) in [6, 6.07) is 12.3. The average Bonchev–Trinajstić information content (AvgIpc) is 2.49. The molecule has 0 saturated heterocycles. The van der Waals surface area contributed by atoms with Crippen LogP contribution in [0.25, 0.3) is 0 Å². The van der Waals surface area contributed by atoms with Crippen LogP contribution in [0, 0.1) is 0 Å². The number of esters is 1. The molecule has 6 heteroatoms. The van der Waals surface area contributed by atoms with E-state index in [4.69, 9.17) is 9.84 Å². The van der Waals surface area contributed by atoms with Crippen molar-refractivity contribution in [3.05, 3.63) is 59.7 Å². The number of anilines is 1. The number of nitrogens with one attached hydrogen (secondary N) is 1. The fourth-order valence-electron chi connectivity index (χ4n) is 1.72. The monoisotopic (exact) mass is 285 g/mol. The van der Waals surface area contributed by atoms with Crippen LogP contribution in [-0.4, -0.2) is 23.5 Å². The highest BCUT2D eigenvalue weighted by molar-refractivity contribution is 5.98. The number of aromatic carboxylic acids is 1. The molecule has 0 saturated carbocycles. The average molecular weight is 285 g/mol. The van der Waals surface area contributed by atoms with Crippen molar-refractivity contribution in [3.8, 4) is 5.75 Å². The summed E-state index contributed by atoms with van der Waals surface area (Å²) in [7, 11) is 0. The van der Waals surface area contributed by atoms with Crippen molar-refractivity contribution in [2.45, 2.75) is 0 Å². The van der Waals surface area contributed by atoms with E-state index in [-0.39, 0.29) is 22.6 Å². The normalized spacial score (nSPS) is 9.71. The zero-order valence-electron chi connectivity index (χ0n) is 10.8. The van der Waals surface area contributed by atoms with Crippen LogP contribution >= 0.6 is 0 Å². The minimum absolute atomic E-state index is 0.106. The Morgan fingerprint density at radius 1 is 1.05 bits per heavy atom. The number of rotatable bonds is 5. The Hall–Kier alpha value is -3.15. The molecule has 0 spiro atoms. The second kappa shape index (κ2) is 6.33. The minimum atomic E-state index is -1.26. The number of carboxylic acid groups (broad SMARTS) is 1. The topological polar surface area (TPSA) is 92.7 Å². The third-order valence-corrected chi connectivity index (χ3v) is 2.66. The molecular formula is C15H11NO5. The summed E-state index contributed by atoms with van der Waals surface area (Å²) >= 11 is 0. The Bertz CT molecular complexity index is 682. The first-order chi connectivity index (χ1) is 10.1. The number of ether oxygens (including phenoxy) is 1. The number of benzene rings is 2. The van der Waals surface area contributed by atoms with Crippen molar-refractivity contribution in [1.29, 1.82) is 0 Å². The van der Waals surface area contributed by atoms with E-state index in [1.54, 1.807) is 30.3 Å². The lowest BCUT2D eigenvalue weighted by Gasteiger charge is -2.11. The second-order valence-electron chi connectivity index (χ2n) is 4.01. The third-order valence-electron chi connectivity index (χ3n) is 2.66. The van der Waals surface area contributed by atoms with Gasteiger partial charge in [-0.25, -0.2) is 9.59 Å². The number of para-hydroxylation sites is 1. The van der Waals surface area contributed by atoms with Crippen molar-refractivity contribution in [2.24, 2.45) is 0 Å². The number of hydrogen-bond acceptors (Lipinski definition) is 4. The highest BCUT2D eigenvalue weighted by atomic mass is 16.5. The van der Waals surface area contributed by atoms with Gasteiger partial charge in [0, 0.05) is 0 Å². The fourth-order valence-corrected chi connectivity index (χ4v) is 1.72. The standard InChI is InChI=1S/C15H11NO5/c17-9-16-12-8-4-7-11(14(18)19)13(12)21-15(20)10-5-2-1-3-6-10/h1-9H,(H,16,17)(H,18,19). The Labute approximate surface area is 120 Å². The fraction of sp³-hybridized carbons (Fsp3) is 0. The SMILES string of the molecule is O=CNc1cccc(C(=O)O)c1OC(=O)c1ccccc1. The van der Waals surface area contributed by atoms with E-state index in [1.165, 1.54) is 18.2 Å². The van der Waals surface area contributed by atoms with Crippen LogP contribution in [0.2, 0.25) is 0 Å². The van der Waals surface area contributed by atoms with E-state index in [0.29, 0.717) is 6.41 Å². The summed E-state index contributed by atoms with van der Waals surface area (Å²) in [5.41, 5.74) is 0.162. The van der Waals surface area contributed by atoms with Crippen LogP contribution in [-0.2, 0) is 4.79 Å². The molecule has 0 aliphatic rings. The van der Waals surface area contributed by atoms with Crippen LogP contribution in [0.4, 0.5) is 5.69 Å². The lowest BCUT2D eigenvalue weighted by molar-refractivity contribution is -0.105. The number of carboxylic acids is 1. The molecule has 0 aliphatic heterocycles. The molecule has 0 unspecified atom stereocenters. The molecule has 2 aromatic carbocycles. The van der Waals surface area contributed by atoms with Crippen LogP contribution in [0.5, 0.6) is 5.75 Å². The summed E-state index contributed by atoms with van der Waals surface area (Å²) in [6.45, 7) is 0. The molecule has 2 N–H and O–H groups in total. The Balaban J connectivity index is 2.40. The van der Waals surface area contributed by atoms with E-state index in [1.807, 2.05) is 0 Å². The van der Waals surface area contributed by atoms with Gasteiger partial charge in [0.1, 0.15) is 5.56 Å². The van der Waals surface area contributed by atoms with E-state index < -0.39 is 11.9 Å².